The maximum absolute atomic E-state index is 12.3. The van der Waals surface area contributed by atoms with Gasteiger partial charge in [-0.05, 0) is 37.3 Å². The van der Waals surface area contributed by atoms with Gasteiger partial charge in [0.1, 0.15) is 11.9 Å². The van der Waals surface area contributed by atoms with Crippen LogP contribution in [-0.2, 0) is 0 Å². The van der Waals surface area contributed by atoms with Gasteiger partial charge in [0, 0.05) is 37.7 Å². The second-order valence-corrected chi connectivity index (χ2v) is 5.98. The largest absolute Gasteiger partial charge is 0.497 e. The summed E-state index contributed by atoms with van der Waals surface area (Å²) in [7, 11) is 1.61. The summed E-state index contributed by atoms with van der Waals surface area (Å²) in [5.41, 5.74) is 1.61. The zero-order valence-electron chi connectivity index (χ0n) is 14.4. The van der Waals surface area contributed by atoms with Crippen molar-refractivity contribution in [2.75, 3.05) is 25.5 Å². The highest BCUT2D eigenvalue weighted by atomic mass is 16.5. The van der Waals surface area contributed by atoms with Crippen molar-refractivity contribution < 1.29 is 14.3 Å². The zero-order valence-corrected chi connectivity index (χ0v) is 14.4. The Morgan fingerprint density at radius 3 is 2.44 bits per heavy atom. The summed E-state index contributed by atoms with van der Waals surface area (Å²) in [6.07, 6.45) is 1.60. The van der Waals surface area contributed by atoms with E-state index in [1.54, 1.807) is 12.0 Å². The summed E-state index contributed by atoms with van der Waals surface area (Å²) in [4.78, 5) is 14.1. The maximum Gasteiger partial charge on any atom is 0.321 e. The molecule has 2 heterocycles. The molecule has 0 bridgehead atoms. The number of carbonyl (C=O) groups excluding carboxylic acids is 1. The van der Waals surface area contributed by atoms with Crippen LogP contribution in [0.25, 0.3) is 0 Å². The third-order valence-electron chi connectivity index (χ3n) is 4.13. The molecule has 1 aromatic heterocycles. The van der Waals surface area contributed by atoms with E-state index in [0.717, 1.165) is 30.0 Å². The summed E-state index contributed by atoms with van der Waals surface area (Å²) in [6.45, 7) is 3.18. The SMILES string of the molecule is COc1ccc(NC(=O)N2CCC(Oc3ccc(C)nn3)CC2)cc1. The number of piperidine rings is 1. The normalized spacial score (nSPS) is 14.9. The van der Waals surface area contributed by atoms with Crippen molar-refractivity contribution in [1.82, 2.24) is 15.1 Å². The lowest BCUT2D eigenvalue weighted by atomic mass is 10.1. The van der Waals surface area contributed by atoms with Crippen LogP contribution in [0.4, 0.5) is 10.5 Å². The molecule has 2 amide bonds. The lowest BCUT2D eigenvalue weighted by Gasteiger charge is -2.31. The molecule has 1 aliphatic rings. The molecule has 2 aromatic rings. The quantitative estimate of drug-likeness (QED) is 0.924. The predicted octanol–water partition coefficient (Wildman–Crippen LogP) is 2.87. The molecule has 7 nitrogen and oxygen atoms in total. The van der Waals surface area contributed by atoms with E-state index in [-0.39, 0.29) is 12.1 Å². The predicted molar refractivity (Wildman–Crippen MR) is 94.0 cm³/mol. The van der Waals surface area contributed by atoms with Crippen LogP contribution in [0.1, 0.15) is 18.5 Å². The van der Waals surface area contributed by atoms with Crippen molar-refractivity contribution in [3.8, 4) is 11.6 Å². The van der Waals surface area contributed by atoms with Crippen molar-refractivity contribution in [3.05, 3.63) is 42.1 Å². The third-order valence-corrected chi connectivity index (χ3v) is 4.13. The van der Waals surface area contributed by atoms with Gasteiger partial charge >= 0.3 is 6.03 Å². The van der Waals surface area contributed by atoms with E-state index < -0.39 is 0 Å². The van der Waals surface area contributed by atoms with Crippen LogP contribution >= 0.6 is 0 Å². The van der Waals surface area contributed by atoms with Crippen LogP contribution in [0.15, 0.2) is 36.4 Å². The van der Waals surface area contributed by atoms with Crippen molar-refractivity contribution in [2.24, 2.45) is 0 Å². The van der Waals surface area contributed by atoms with Crippen molar-refractivity contribution >= 4 is 11.7 Å². The Morgan fingerprint density at radius 1 is 1.12 bits per heavy atom. The average molecular weight is 342 g/mol. The number of ether oxygens (including phenoxy) is 2. The van der Waals surface area contributed by atoms with Gasteiger partial charge in [-0.1, -0.05) is 0 Å². The van der Waals surface area contributed by atoms with E-state index in [2.05, 4.69) is 15.5 Å². The Labute approximate surface area is 147 Å². The minimum absolute atomic E-state index is 0.0574. The van der Waals surface area contributed by atoms with Crippen LogP contribution in [0, 0.1) is 6.92 Å². The van der Waals surface area contributed by atoms with Gasteiger partial charge in [0.05, 0.1) is 12.8 Å². The highest BCUT2D eigenvalue weighted by molar-refractivity contribution is 5.89. The number of nitrogens with zero attached hydrogens (tertiary/aromatic N) is 3. The number of urea groups is 1. The molecule has 132 valence electrons. The number of aromatic nitrogens is 2. The fourth-order valence-corrected chi connectivity index (χ4v) is 2.67. The number of anilines is 1. The minimum atomic E-state index is -0.0984. The van der Waals surface area contributed by atoms with Crippen LogP contribution < -0.4 is 14.8 Å². The molecule has 1 N–H and O–H groups in total. The van der Waals surface area contributed by atoms with Gasteiger partial charge in [0.15, 0.2) is 0 Å². The van der Waals surface area contributed by atoms with Crippen molar-refractivity contribution in [3.63, 3.8) is 0 Å². The van der Waals surface area contributed by atoms with Crippen molar-refractivity contribution in [1.29, 1.82) is 0 Å². The molecule has 0 unspecified atom stereocenters. The molecule has 0 aliphatic carbocycles. The number of aryl methyl sites for hydroxylation is 1. The molecule has 1 aromatic carbocycles. The van der Waals surface area contributed by atoms with Gasteiger partial charge in [-0.15, -0.1) is 5.10 Å². The fourth-order valence-electron chi connectivity index (χ4n) is 2.67. The maximum atomic E-state index is 12.3. The Hall–Kier alpha value is -2.83. The van der Waals surface area contributed by atoms with E-state index in [0.29, 0.717) is 19.0 Å². The Balaban J connectivity index is 1.47. The Bertz CT molecular complexity index is 695. The van der Waals surface area contributed by atoms with Crippen LogP contribution in [0.5, 0.6) is 11.6 Å². The Morgan fingerprint density at radius 2 is 1.84 bits per heavy atom. The van der Waals surface area contributed by atoms with E-state index in [1.807, 2.05) is 43.3 Å². The zero-order chi connectivity index (χ0) is 17.6. The standard InChI is InChI=1S/C18H22N4O3/c1-13-3-8-17(21-20-13)25-16-9-11-22(12-10-16)18(23)19-14-4-6-15(24-2)7-5-14/h3-8,16H,9-12H2,1-2H3,(H,19,23). The first kappa shape index (κ1) is 17.0. The van der Waals surface area contributed by atoms with E-state index >= 15 is 0 Å². The smallest absolute Gasteiger partial charge is 0.321 e. The lowest BCUT2D eigenvalue weighted by molar-refractivity contribution is 0.110. The first-order valence-electron chi connectivity index (χ1n) is 8.31. The van der Waals surface area contributed by atoms with Gasteiger partial charge < -0.3 is 19.7 Å². The molecule has 0 saturated carbocycles. The number of nitrogens with one attached hydrogen (secondary N) is 1. The first-order chi connectivity index (χ1) is 12.1. The third kappa shape index (κ3) is 4.59. The molecule has 7 heteroatoms. The number of likely N-dealkylation sites (tertiary alicyclic amines) is 1. The van der Waals surface area contributed by atoms with E-state index in [4.69, 9.17) is 9.47 Å². The summed E-state index contributed by atoms with van der Waals surface area (Å²) < 4.78 is 10.9. The second kappa shape index (κ2) is 7.83. The number of hydrogen-bond acceptors (Lipinski definition) is 5. The summed E-state index contributed by atoms with van der Waals surface area (Å²) in [5, 5.41) is 10.9. The van der Waals surface area contributed by atoms with E-state index in [1.165, 1.54) is 0 Å². The molecule has 0 spiro atoms. The lowest BCUT2D eigenvalue weighted by Crippen LogP contribution is -2.43. The number of hydrogen-bond donors (Lipinski definition) is 1. The van der Waals surface area contributed by atoms with Gasteiger partial charge in [-0.25, -0.2) is 4.79 Å². The molecule has 1 aliphatic heterocycles. The average Bonchev–Trinajstić information content (AvgIpc) is 2.65. The molecule has 1 fully saturated rings. The fraction of sp³-hybridized carbons (Fsp3) is 0.389. The van der Waals surface area contributed by atoms with Gasteiger partial charge in [-0.3, -0.25) is 0 Å². The van der Waals surface area contributed by atoms with Crippen LogP contribution in [0.2, 0.25) is 0 Å². The first-order valence-corrected chi connectivity index (χ1v) is 8.31. The number of methoxy groups -OCH3 is 1. The molecule has 0 radical (unpaired) electrons. The van der Waals surface area contributed by atoms with Crippen LogP contribution in [0.3, 0.4) is 0 Å². The van der Waals surface area contributed by atoms with Gasteiger partial charge in [0.25, 0.3) is 0 Å². The number of rotatable bonds is 4. The van der Waals surface area contributed by atoms with Gasteiger partial charge in [-0.2, -0.15) is 5.10 Å². The monoisotopic (exact) mass is 342 g/mol. The summed E-state index contributed by atoms with van der Waals surface area (Å²) >= 11 is 0. The number of benzene rings is 1. The highest BCUT2D eigenvalue weighted by Crippen LogP contribution is 2.19. The summed E-state index contributed by atoms with van der Waals surface area (Å²) in [6, 6.07) is 10.9. The topological polar surface area (TPSA) is 76.6 Å². The minimum Gasteiger partial charge on any atom is -0.497 e. The summed E-state index contributed by atoms with van der Waals surface area (Å²) in [5.74, 6) is 1.29. The number of carbonyl (C=O) groups is 1. The molecular weight excluding hydrogens is 320 g/mol. The van der Waals surface area contributed by atoms with Crippen LogP contribution in [-0.4, -0.2) is 47.4 Å². The van der Waals surface area contributed by atoms with Gasteiger partial charge in [0.2, 0.25) is 5.88 Å². The molecule has 3 rings (SSSR count). The van der Waals surface area contributed by atoms with Crippen molar-refractivity contribution in [2.45, 2.75) is 25.9 Å². The highest BCUT2D eigenvalue weighted by Gasteiger charge is 2.24. The second-order valence-electron chi connectivity index (χ2n) is 5.98. The van der Waals surface area contributed by atoms with E-state index in [9.17, 15) is 4.79 Å². The Kier molecular flexibility index (Phi) is 5.33. The molecular formula is C18H22N4O3. The molecule has 1 saturated heterocycles. The number of amides is 2. The molecule has 25 heavy (non-hydrogen) atoms. The molecule has 0 atom stereocenters.